The van der Waals surface area contributed by atoms with Crippen LogP contribution in [0.2, 0.25) is 0 Å². The van der Waals surface area contributed by atoms with Gasteiger partial charge in [-0.15, -0.1) is 0 Å². The highest BCUT2D eigenvalue weighted by Gasteiger charge is 2.24. The number of phenols is 1. The minimum absolute atomic E-state index is 0.255. The lowest BCUT2D eigenvalue weighted by molar-refractivity contribution is 0.189. The summed E-state index contributed by atoms with van der Waals surface area (Å²) in [4.78, 5) is 0. The van der Waals surface area contributed by atoms with Gasteiger partial charge in [0, 0.05) is 5.56 Å². The molecule has 1 aliphatic heterocycles. The van der Waals surface area contributed by atoms with Crippen molar-refractivity contribution in [1.29, 1.82) is 0 Å². The van der Waals surface area contributed by atoms with E-state index in [0.29, 0.717) is 0 Å². The molecule has 0 aromatic heterocycles. The van der Waals surface area contributed by atoms with Crippen LogP contribution in [0, 0.1) is 0 Å². The maximum atomic E-state index is 9.41. The molecule has 1 heterocycles. The van der Waals surface area contributed by atoms with Gasteiger partial charge in [0.15, 0.2) is 0 Å². The van der Waals surface area contributed by atoms with Crippen molar-refractivity contribution >= 4 is 6.08 Å². The van der Waals surface area contributed by atoms with Gasteiger partial charge in [-0.1, -0.05) is 23.8 Å². The minimum Gasteiger partial charge on any atom is -0.508 e. The zero-order valence-electron chi connectivity index (χ0n) is 11.0. The van der Waals surface area contributed by atoms with E-state index in [9.17, 15) is 5.11 Å². The van der Waals surface area contributed by atoms with Gasteiger partial charge in [0.1, 0.15) is 17.1 Å². The third kappa shape index (κ3) is 2.83. The first kappa shape index (κ1) is 12.5. The van der Waals surface area contributed by atoms with Crippen LogP contribution in [0.3, 0.4) is 0 Å². The molecule has 0 saturated heterocycles. The van der Waals surface area contributed by atoms with Gasteiger partial charge in [-0.3, -0.25) is 0 Å². The molecular formula is C16H18O2. The Bertz CT molecular complexity index is 534. The summed E-state index contributed by atoms with van der Waals surface area (Å²) in [6.45, 7) is 6.12. The maximum absolute atomic E-state index is 9.41. The van der Waals surface area contributed by atoms with Gasteiger partial charge in [0.25, 0.3) is 0 Å². The molecule has 2 heteroatoms. The fraction of sp³-hybridized carbons (Fsp3) is 0.250. The largest absolute Gasteiger partial charge is 0.508 e. The van der Waals surface area contributed by atoms with Crippen LogP contribution in [0.1, 0.15) is 26.3 Å². The van der Waals surface area contributed by atoms with E-state index >= 15 is 0 Å². The summed E-state index contributed by atoms with van der Waals surface area (Å²) in [5, 5.41) is 9.41. The second kappa shape index (κ2) is 4.73. The third-order valence-electron chi connectivity index (χ3n) is 2.77. The van der Waals surface area contributed by atoms with E-state index in [-0.39, 0.29) is 5.75 Å². The first-order chi connectivity index (χ1) is 8.48. The summed E-state index contributed by atoms with van der Waals surface area (Å²) >= 11 is 0. The molecule has 0 amide bonds. The van der Waals surface area contributed by atoms with Crippen molar-refractivity contribution in [3.63, 3.8) is 0 Å². The topological polar surface area (TPSA) is 29.5 Å². The third-order valence-corrected chi connectivity index (χ3v) is 2.77. The van der Waals surface area contributed by atoms with Gasteiger partial charge in [0.2, 0.25) is 0 Å². The van der Waals surface area contributed by atoms with Gasteiger partial charge in [-0.2, -0.15) is 0 Å². The van der Waals surface area contributed by atoms with Crippen LogP contribution in [0.4, 0.5) is 0 Å². The first-order valence-electron chi connectivity index (χ1n) is 6.02. The van der Waals surface area contributed by atoms with Crippen LogP contribution in [0.25, 0.3) is 6.08 Å². The summed E-state index contributed by atoms with van der Waals surface area (Å²) in [5.74, 6) is 1.05. The molecule has 1 unspecified atom stereocenters. The molecule has 94 valence electrons. The van der Waals surface area contributed by atoms with Crippen molar-refractivity contribution in [2.24, 2.45) is 0 Å². The highest BCUT2D eigenvalue weighted by atomic mass is 16.5. The number of rotatable bonds is 2. The van der Waals surface area contributed by atoms with Crippen molar-refractivity contribution in [2.75, 3.05) is 0 Å². The van der Waals surface area contributed by atoms with Gasteiger partial charge >= 0.3 is 0 Å². The Morgan fingerprint density at radius 2 is 2.11 bits per heavy atom. The maximum Gasteiger partial charge on any atom is 0.143 e. The standard InChI is InChI=1S/C16H18O2/c1-12(2)5-4-9-16(3)10-8-13-11-14(17)6-7-15(13)18-16/h4-11,17H,1-3H3. The average Bonchev–Trinajstić information content (AvgIpc) is 2.29. The number of hydrogen-bond donors (Lipinski definition) is 1. The lowest BCUT2D eigenvalue weighted by atomic mass is 9.99. The molecule has 18 heavy (non-hydrogen) atoms. The second-order valence-corrected chi connectivity index (χ2v) is 4.94. The molecule has 0 bridgehead atoms. The normalized spacial score (nSPS) is 21.5. The number of ether oxygens (including phenoxy) is 1. The van der Waals surface area contributed by atoms with Crippen LogP contribution in [-0.4, -0.2) is 10.7 Å². The van der Waals surface area contributed by atoms with Crippen LogP contribution in [0.15, 0.2) is 48.1 Å². The first-order valence-corrected chi connectivity index (χ1v) is 6.02. The predicted octanol–water partition coefficient (Wildman–Crippen LogP) is 4.08. The molecule has 1 aliphatic rings. The predicted molar refractivity (Wildman–Crippen MR) is 74.7 cm³/mol. The molecule has 0 spiro atoms. The zero-order valence-corrected chi connectivity index (χ0v) is 11.0. The van der Waals surface area contributed by atoms with E-state index in [1.165, 1.54) is 5.57 Å². The molecular weight excluding hydrogens is 224 g/mol. The highest BCUT2D eigenvalue weighted by molar-refractivity contribution is 5.63. The summed E-state index contributed by atoms with van der Waals surface area (Å²) in [5.41, 5.74) is 1.72. The number of hydrogen-bond acceptors (Lipinski definition) is 2. The SMILES string of the molecule is CC(C)=CC=CC1(C)C=Cc2cc(O)ccc2O1. The fourth-order valence-corrected chi connectivity index (χ4v) is 1.81. The van der Waals surface area contributed by atoms with E-state index in [2.05, 4.69) is 19.9 Å². The minimum atomic E-state index is -0.435. The smallest absolute Gasteiger partial charge is 0.143 e. The fourth-order valence-electron chi connectivity index (χ4n) is 1.81. The lowest BCUT2D eigenvalue weighted by Crippen LogP contribution is -2.29. The summed E-state index contributed by atoms with van der Waals surface area (Å²) in [6, 6.07) is 5.13. The van der Waals surface area contributed by atoms with Crippen molar-refractivity contribution in [1.82, 2.24) is 0 Å². The molecule has 2 nitrogen and oxygen atoms in total. The van der Waals surface area contributed by atoms with E-state index in [1.54, 1.807) is 18.2 Å². The number of fused-ring (bicyclic) bond motifs is 1. The van der Waals surface area contributed by atoms with Gasteiger partial charge in [-0.05, 0) is 51.1 Å². The van der Waals surface area contributed by atoms with Gasteiger partial charge in [0.05, 0.1) is 0 Å². The number of phenolic OH excluding ortho intramolecular Hbond substituents is 1. The second-order valence-electron chi connectivity index (χ2n) is 4.94. The Balaban J connectivity index is 2.24. The number of aromatic hydroxyl groups is 1. The Kier molecular flexibility index (Phi) is 3.28. The molecule has 1 N–H and O–H groups in total. The average molecular weight is 242 g/mol. The van der Waals surface area contributed by atoms with Crippen molar-refractivity contribution in [3.05, 3.63) is 53.6 Å². The number of allylic oxidation sites excluding steroid dienone is 3. The zero-order chi connectivity index (χ0) is 13.2. The monoisotopic (exact) mass is 242 g/mol. The van der Waals surface area contributed by atoms with E-state index in [4.69, 9.17) is 4.74 Å². The van der Waals surface area contributed by atoms with E-state index in [1.807, 2.05) is 31.2 Å². The molecule has 1 aromatic carbocycles. The summed E-state index contributed by atoms with van der Waals surface area (Å²) in [7, 11) is 0. The molecule has 1 atom stereocenters. The summed E-state index contributed by atoms with van der Waals surface area (Å²) < 4.78 is 5.94. The van der Waals surface area contributed by atoms with Crippen molar-refractivity contribution in [2.45, 2.75) is 26.4 Å². The van der Waals surface area contributed by atoms with Gasteiger partial charge < -0.3 is 9.84 Å². The Hall–Kier alpha value is -1.96. The van der Waals surface area contributed by atoms with Crippen LogP contribution < -0.4 is 4.74 Å². The molecule has 0 aliphatic carbocycles. The van der Waals surface area contributed by atoms with E-state index in [0.717, 1.165) is 11.3 Å². The Morgan fingerprint density at radius 3 is 2.83 bits per heavy atom. The van der Waals surface area contributed by atoms with Crippen LogP contribution in [0.5, 0.6) is 11.5 Å². The van der Waals surface area contributed by atoms with E-state index < -0.39 is 5.60 Å². The van der Waals surface area contributed by atoms with Gasteiger partial charge in [-0.25, -0.2) is 0 Å². The molecule has 0 fully saturated rings. The Labute approximate surface area is 108 Å². The van der Waals surface area contributed by atoms with Crippen LogP contribution in [-0.2, 0) is 0 Å². The molecule has 0 saturated carbocycles. The van der Waals surface area contributed by atoms with Crippen LogP contribution >= 0.6 is 0 Å². The highest BCUT2D eigenvalue weighted by Crippen LogP contribution is 2.33. The number of benzene rings is 1. The molecule has 1 aromatic rings. The quantitative estimate of drug-likeness (QED) is 0.792. The molecule has 2 rings (SSSR count). The van der Waals surface area contributed by atoms with Crippen molar-refractivity contribution in [3.8, 4) is 11.5 Å². The van der Waals surface area contributed by atoms with Crippen molar-refractivity contribution < 1.29 is 9.84 Å². The Morgan fingerprint density at radius 1 is 1.33 bits per heavy atom. The lowest BCUT2D eigenvalue weighted by Gasteiger charge is -2.28. The molecule has 0 radical (unpaired) electrons. The summed E-state index contributed by atoms with van der Waals surface area (Å²) in [6.07, 6.45) is 10.0.